The van der Waals surface area contributed by atoms with Gasteiger partial charge in [0.2, 0.25) is 5.91 Å². The third kappa shape index (κ3) is 5.06. The van der Waals surface area contributed by atoms with Gasteiger partial charge in [0, 0.05) is 24.5 Å². The van der Waals surface area contributed by atoms with Crippen molar-refractivity contribution >= 4 is 22.4 Å². The van der Waals surface area contributed by atoms with Crippen molar-refractivity contribution in [1.29, 1.82) is 0 Å². The number of hydrogen-bond acceptors (Lipinski definition) is 8. The molecule has 6 rings (SSSR count). The van der Waals surface area contributed by atoms with Gasteiger partial charge in [0.1, 0.15) is 19.3 Å². The number of nitrogens with one attached hydrogen (secondary N) is 1. The number of thiazole rings is 1. The molecule has 2 aromatic rings. The van der Waals surface area contributed by atoms with Crippen LogP contribution in [-0.4, -0.2) is 72.9 Å². The Kier molecular flexibility index (Phi) is 7.04. The highest BCUT2D eigenvalue weighted by molar-refractivity contribution is 7.15. The summed E-state index contributed by atoms with van der Waals surface area (Å²) in [5, 5.41) is 15.7. The lowest BCUT2D eigenvalue weighted by atomic mass is 9.99. The minimum atomic E-state index is -0.825. The summed E-state index contributed by atoms with van der Waals surface area (Å²) in [6.45, 7) is 5.22. The van der Waals surface area contributed by atoms with Crippen LogP contribution in [0, 0.1) is 5.92 Å². The van der Waals surface area contributed by atoms with Crippen LogP contribution in [0.1, 0.15) is 54.3 Å². The third-order valence-electron chi connectivity index (χ3n) is 7.93. The van der Waals surface area contributed by atoms with Gasteiger partial charge in [0.15, 0.2) is 16.6 Å². The molecule has 8 nitrogen and oxygen atoms in total. The highest BCUT2D eigenvalue weighted by Gasteiger charge is 2.34. The van der Waals surface area contributed by atoms with Gasteiger partial charge >= 0.3 is 0 Å². The minimum absolute atomic E-state index is 0.0274. The monoisotopic (exact) mass is 512 g/mol. The van der Waals surface area contributed by atoms with Gasteiger partial charge in [-0.05, 0) is 75.7 Å². The number of hydrogen-bond donors (Lipinski definition) is 2. The molecule has 2 saturated heterocycles. The van der Waals surface area contributed by atoms with Gasteiger partial charge in [-0.25, -0.2) is 4.98 Å². The van der Waals surface area contributed by atoms with Crippen molar-refractivity contribution in [3.05, 3.63) is 34.3 Å². The fraction of sp³-hybridized carbons (Fsp3) is 0.630. The van der Waals surface area contributed by atoms with Gasteiger partial charge in [-0.1, -0.05) is 6.07 Å². The second-order valence-electron chi connectivity index (χ2n) is 10.5. The number of ether oxygens (including phenoxy) is 2. The van der Waals surface area contributed by atoms with Crippen LogP contribution in [0.2, 0.25) is 0 Å². The quantitative estimate of drug-likeness (QED) is 0.590. The lowest BCUT2D eigenvalue weighted by Gasteiger charge is -2.30. The van der Waals surface area contributed by atoms with E-state index in [0.717, 1.165) is 62.4 Å². The Bertz CT molecular complexity index is 1060. The zero-order valence-electron chi connectivity index (χ0n) is 20.8. The molecule has 1 aliphatic carbocycles. The van der Waals surface area contributed by atoms with Crippen molar-refractivity contribution in [1.82, 2.24) is 15.2 Å². The van der Waals surface area contributed by atoms with Gasteiger partial charge in [0.25, 0.3) is 0 Å². The number of rotatable bonds is 7. The molecule has 194 valence electrons. The summed E-state index contributed by atoms with van der Waals surface area (Å²) in [4.78, 5) is 24.4. The third-order valence-corrected chi connectivity index (χ3v) is 9.15. The number of amides is 1. The van der Waals surface area contributed by atoms with E-state index in [1.54, 1.807) is 0 Å². The van der Waals surface area contributed by atoms with Crippen LogP contribution < -0.4 is 19.7 Å². The van der Waals surface area contributed by atoms with E-state index >= 15 is 0 Å². The molecular weight excluding hydrogens is 476 g/mol. The van der Waals surface area contributed by atoms with E-state index in [4.69, 9.17) is 14.5 Å². The van der Waals surface area contributed by atoms with Gasteiger partial charge in [-0.2, -0.15) is 0 Å². The Hall–Kier alpha value is -2.36. The first-order valence-corrected chi connectivity index (χ1v) is 14.3. The number of anilines is 1. The number of likely N-dealkylation sites (tertiary alicyclic amines) is 1. The van der Waals surface area contributed by atoms with E-state index in [2.05, 4.69) is 15.1 Å². The van der Waals surface area contributed by atoms with Crippen molar-refractivity contribution in [2.75, 3.05) is 50.8 Å². The number of nitrogens with zero attached hydrogens (tertiary/aromatic N) is 3. The molecule has 1 aromatic heterocycles. The Morgan fingerprint density at radius 3 is 2.75 bits per heavy atom. The summed E-state index contributed by atoms with van der Waals surface area (Å²) in [6, 6.07) is 5.19. The summed E-state index contributed by atoms with van der Waals surface area (Å²) < 4.78 is 11.4. The molecule has 0 spiro atoms. The standard InChI is InChI=1S/C27H36N4O4S/c32-25(18-7-8-22-23(15-18)35-14-13-34-22)21(17-30-10-3-4-11-30)28-26(33)19-9-12-31(16-19)27-29-20-5-1-2-6-24(20)36-27/h7-8,15,19,21,25,32H,1-6,9-14,16-17H2,(H,28,33)/t19-,21?,25?/m0/s1. The highest BCUT2D eigenvalue weighted by atomic mass is 32.1. The molecule has 2 fully saturated rings. The SMILES string of the molecule is O=C(NC(CN1CCCC1)C(O)c1ccc2c(c1)OCCO2)[C@H]1CCN(c2nc3c(s2)CCCC3)C1. The maximum atomic E-state index is 13.4. The zero-order chi connectivity index (χ0) is 24.5. The predicted molar refractivity (Wildman–Crippen MR) is 139 cm³/mol. The predicted octanol–water partition coefficient (Wildman–Crippen LogP) is 2.93. The van der Waals surface area contributed by atoms with E-state index < -0.39 is 6.10 Å². The van der Waals surface area contributed by atoms with E-state index in [9.17, 15) is 9.90 Å². The maximum Gasteiger partial charge on any atom is 0.225 e. The molecule has 4 heterocycles. The second-order valence-corrected chi connectivity index (χ2v) is 11.5. The summed E-state index contributed by atoms with van der Waals surface area (Å²) in [6.07, 6.45) is 7.02. The van der Waals surface area contributed by atoms with Crippen LogP contribution >= 0.6 is 11.3 Å². The molecule has 0 radical (unpaired) electrons. The normalized spacial score (nSPS) is 23.4. The van der Waals surface area contributed by atoms with Gasteiger partial charge in [0.05, 0.1) is 17.7 Å². The van der Waals surface area contributed by atoms with Crippen LogP contribution in [0.3, 0.4) is 0 Å². The number of carbonyl (C=O) groups excluding carboxylic acids is 1. The van der Waals surface area contributed by atoms with Crippen molar-refractivity contribution in [2.45, 2.75) is 57.1 Å². The fourth-order valence-corrected chi connectivity index (χ4v) is 7.05. The molecule has 2 N–H and O–H groups in total. The molecule has 1 aromatic carbocycles. The highest BCUT2D eigenvalue weighted by Crippen LogP contribution is 2.35. The smallest absolute Gasteiger partial charge is 0.225 e. The molecular formula is C27H36N4O4S. The Morgan fingerprint density at radius 1 is 1.11 bits per heavy atom. The van der Waals surface area contributed by atoms with E-state index in [1.807, 2.05) is 29.5 Å². The lowest BCUT2D eigenvalue weighted by molar-refractivity contribution is -0.126. The number of fused-ring (bicyclic) bond motifs is 2. The van der Waals surface area contributed by atoms with Crippen LogP contribution in [0.15, 0.2) is 18.2 Å². The number of carbonyl (C=O) groups is 1. The Morgan fingerprint density at radius 2 is 1.92 bits per heavy atom. The lowest BCUT2D eigenvalue weighted by Crippen LogP contribution is -2.48. The molecule has 0 saturated carbocycles. The van der Waals surface area contributed by atoms with Crippen LogP contribution in [0.4, 0.5) is 5.13 Å². The van der Waals surface area contributed by atoms with Crippen LogP contribution in [0.5, 0.6) is 11.5 Å². The van der Waals surface area contributed by atoms with E-state index in [1.165, 1.54) is 23.4 Å². The van der Waals surface area contributed by atoms with Crippen molar-refractivity contribution in [3.8, 4) is 11.5 Å². The van der Waals surface area contributed by atoms with Crippen molar-refractivity contribution in [2.24, 2.45) is 5.92 Å². The summed E-state index contributed by atoms with van der Waals surface area (Å²) in [5.74, 6) is 1.29. The number of aliphatic hydroxyl groups excluding tert-OH is 1. The summed E-state index contributed by atoms with van der Waals surface area (Å²) in [5.41, 5.74) is 2.01. The first kappa shape index (κ1) is 24.0. The number of aliphatic hydroxyl groups is 1. The Labute approximate surface area is 216 Å². The molecule has 2 unspecified atom stereocenters. The van der Waals surface area contributed by atoms with E-state index in [0.29, 0.717) is 37.8 Å². The molecule has 0 bridgehead atoms. The van der Waals surface area contributed by atoms with E-state index in [-0.39, 0.29) is 17.9 Å². The fourth-order valence-electron chi connectivity index (χ4n) is 5.87. The number of aryl methyl sites for hydroxylation is 2. The largest absolute Gasteiger partial charge is 0.486 e. The van der Waals surface area contributed by atoms with Gasteiger partial charge < -0.3 is 29.7 Å². The molecule has 1 amide bonds. The molecule has 9 heteroatoms. The average Bonchev–Trinajstić information content (AvgIpc) is 3.68. The van der Waals surface area contributed by atoms with Crippen molar-refractivity contribution in [3.63, 3.8) is 0 Å². The first-order valence-electron chi connectivity index (χ1n) is 13.5. The number of benzene rings is 1. The maximum absolute atomic E-state index is 13.4. The Balaban J connectivity index is 1.14. The van der Waals surface area contributed by atoms with Crippen molar-refractivity contribution < 1.29 is 19.4 Å². The van der Waals surface area contributed by atoms with Gasteiger partial charge in [-0.15, -0.1) is 11.3 Å². The summed E-state index contributed by atoms with van der Waals surface area (Å²) >= 11 is 1.81. The topological polar surface area (TPSA) is 87.2 Å². The molecule has 4 aliphatic rings. The van der Waals surface area contributed by atoms with Gasteiger partial charge in [-0.3, -0.25) is 4.79 Å². The minimum Gasteiger partial charge on any atom is -0.486 e. The zero-order valence-corrected chi connectivity index (χ0v) is 21.6. The molecule has 3 aliphatic heterocycles. The van der Waals surface area contributed by atoms with Crippen LogP contribution in [-0.2, 0) is 17.6 Å². The van der Waals surface area contributed by atoms with Crippen LogP contribution in [0.25, 0.3) is 0 Å². The second kappa shape index (κ2) is 10.6. The average molecular weight is 513 g/mol. The first-order chi connectivity index (χ1) is 17.6. The number of aromatic nitrogens is 1. The molecule has 36 heavy (non-hydrogen) atoms. The molecule has 3 atom stereocenters. The summed E-state index contributed by atoms with van der Waals surface area (Å²) in [7, 11) is 0.